The van der Waals surface area contributed by atoms with Gasteiger partial charge < -0.3 is 0 Å². The van der Waals surface area contributed by atoms with Gasteiger partial charge in [0, 0.05) is 18.8 Å². The molecule has 0 spiro atoms. The van der Waals surface area contributed by atoms with E-state index in [1.54, 1.807) is 12.4 Å². The molecule has 0 amide bonds. The molecule has 0 bridgehead atoms. The van der Waals surface area contributed by atoms with E-state index in [0.29, 0.717) is 6.42 Å². The van der Waals surface area contributed by atoms with Crippen LogP contribution in [-0.4, -0.2) is 11.3 Å². The number of carbonyl (C=O) groups is 1. The summed E-state index contributed by atoms with van der Waals surface area (Å²) in [4.78, 5) is 14.6. The second-order valence-corrected chi connectivity index (χ2v) is 2.84. The number of hydrogen-bond acceptors (Lipinski definition) is 2. The van der Waals surface area contributed by atoms with E-state index in [1.807, 2.05) is 25.1 Å². The summed E-state index contributed by atoms with van der Waals surface area (Å²) in [7, 11) is 0. The summed E-state index contributed by atoms with van der Waals surface area (Å²) in [5.74, 6) is 0. The Hall–Kier alpha value is -1.44. The van der Waals surface area contributed by atoms with Gasteiger partial charge in [-0.05, 0) is 23.6 Å². The lowest BCUT2D eigenvalue weighted by Gasteiger charge is -1.98. The monoisotopic (exact) mass is 175 g/mol. The van der Waals surface area contributed by atoms with Crippen LogP contribution in [-0.2, 0) is 11.2 Å². The Morgan fingerprint density at radius 2 is 2.46 bits per heavy atom. The highest BCUT2D eigenvalue weighted by Crippen LogP contribution is 2.04. The van der Waals surface area contributed by atoms with Crippen molar-refractivity contribution in [2.24, 2.45) is 0 Å². The van der Waals surface area contributed by atoms with E-state index in [4.69, 9.17) is 0 Å². The number of allylic oxidation sites excluding steroid dienone is 2. The van der Waals surface area contributed by atoms with Gasteiger partial charge in [0.15, 0.2) is 0 Å². The molecule has 0 saturated carbocycles. The Balaban J connectivity index is 2.68. The molecule has 0 fully saturated rings. The molecule has 0 N–H and O–H groups in total. The van der Waals surface area contributed by atoms with Crippen LogP contribution in [0.2, 0.25) is 0 Å². The molecule has 0 aliphatic carbocycles. The molecule has 0 aliphatic rings. The standard InChI is InChI=1S/C11H13NO/c1-2-4-11(9-13)7-10-5-3-6-12-8-10/h3-6,8-9H,2,7H2,1H3/b11-4+. The van der Waals surface area contributed by atoms with Crippen LogP contribution in [0.5, 0.6) is 0 Å². The molecule has 68 valence electrons. The number of aldehydes is 1. The molecule has 0 aliphatic heterocycles. The zero-order chi connectivity index (χ0) is 9.52. The highest BCUT2D eigenvalue weighted by Gasteiger charge is 1.96. The maximum atomic E-state index is 10.6. The third-order valence-corrected chi connectivity index (χ3v) is 1.75. The molecule has 1 aromatic heterocycles. The summed E-state index contributed by atoms with van der Waals surface area (Å²) < 4.78 is 0. The maximum absolute atomic E-state index is 10.6. The van der Waals surface area contributed by atoms with E-state index in [-0.39, 0.29) is 0 Å². The summed E-state index contributed by atoms with van der Waals surface area (Å²) in [5, 5.41) is 0. The molecule has 2 nitrogen and oxygen atoms in total. The van der Waals surface area contributed by atoms with Crippen molar-refractivity contribution in [3.63, 3.8) is 0 Å². The minimum Gasteiger partial charge on any atom is -0.298 e. The smallest absolute Gasteiger partial charge is 0.146 e. The fraction of sp³-hybridized carbons (Fsp3) is 0.273. The molecule has 0 saturated heterocycles. The average molecular weight is 175 g/mol. The van der Waals surface area contributed by atoms with Gasteiger partial charge in [0.25, 0.3) is 0 Å². The Labute approximate surface area is 78.3 Å². The third-order valence-electron chi connectivity index (χ3n) is 1.75. The zero-order valence-electron chi connectivity index (χ0n) is 7.73. The fourth-order valence-corrected chi connectivity index (χ4v) is 1.16. The minimum atomic E-state index is 0.686. The Bertz CT molecular complexity index is 290. The minimum absolute atomic E-state index is 0.686. The Morgan fingerprint density at radius 3 is 3.00 bits per heavy atom. The van der Waals surface area contributed by atoms with Crippen LogP contribution < -0.4 is 0 Å². The molecule has 0 radical (unpaired) electrons. The Morgan fingerprint density at radius 1 is 1.62 bits per heavy atom. The van der Waals surface area contributed by atoms with Crippen LogP contribution in [0, 0.1) is 0 Å². The molecule has 2 heteroatoms. The average Bonchev–Trinajstić information content (AvgIpc) is 2.19. The molecular weight excluding hydrogens is 162 g/mol. The second-order valence-electron chi connectivity index (χ2n) is 2.84. The fourth-order valence-electron chi connectivity index (χ4n) is 1.16. The van der Waals surface area contributed by atoms with Crippen molar-refractivity contribution in [3.05, 3.63) is 41.7 Å². The van der Waals surface area contributed by atoms with E-state index >= 15 is 0 Å². The molecular formula is C11H13NO. The first kappa shape index (κ1) is 9.65. The molecule has 0 aromatic carbocycles. The summed E-state index contributed by atoms with van der Waals surface area (Å²) in [5.41, 5.74) is 1.91. The van der Waals surface area contributed by atoms with E-state index in [0.717, 1.165) is 23.8 Å². The van der Waals surface area contributed by atoms with Gasteiger partial charge in [0.1, 0.15) is 6.29 Å². The Kier molecular flexibility index (Phi) is 3.89. The van der Waals surface area contributed by atoms with Gasteiger partial charge in [-0.2, -0.15) is 0 Å². The van der Waals surface area contributed by atoms with Crippen molar-refractivity contribution < 1.29 is 4.79 Å². The first-order chi connectivity index (χ1) is 6.36. The van der Waals surface area contributed by atoms with Crippen LogP contribution in [0.25, 0.3) is 0 Å². The predicted molar refractivity (Wildman–Crippen MR) is 52.4 cm³/mol. The number of hydrogen-bond donors (Lipinski definition) is 0. The van der Waals surface area contributed by atoms with Crippen molar-refractivity contribution in [1.82, 2.24) is 4.98 Å². The highest BCUT2D eigenvalue weighted by molar-refractivity contribution is 5.73. The first-order valence-electron chi connectivity index (χ1n) is 4.40. The zero-order valence-corrected chi connectivity index (χ0v) is 7.73. The molecule has 1 aromatic rings. The molecule has 1 heterocycles. The normalized spacial score (nSPS) is 11.3. The number of rotatable bonds is 4. The van der Waals surface area contributed by atoms with Gasteiger partial charge in [-0.1, -0.05) is 19.1 Å². The summed E-state index contributed by atoms with van der Waals surface area (Å²) >= 11 is 0. The summed E-state index contributed by atoms with van der Waals surface area (Å²) in [6.07, 6.45) is 7.95. The molecule has 0 atom stereocenters. The molecule has 1 rings (SSSR count). The van der Waals surface area contributed by atoms with Gasteiger partial charge in [0.2, 0.25) is 0 Å². The van der Waals surface area contributed by atoms with Gasteiger partial charge >= 0.3 is 0 Å². The van der Waals surface area contributed by atoms with Gasteiger partial charge in [-0.25, -0.2) is 0 Å². The van der Waals surface area contributed by atoms with E-state index in [2.05, 4.69) is 4.98 Å². The van der Waals surface area contributed by atoms with Crippen molar-refractivity contribution in [3.8, 4) is 0 Å². The third kappa shape index (κ3) is 3.20. The predicted octanol–water partition coefficient (Wildman–Crippen LogP) is 2.16. The number of aromatic nitrogens is 1. The van der Waals surface area contributed by atoms with Crippen molar-refractivity contribution in [2.45, 2.75) is 19.8 Å². The van der Waals surface area contributed by atoms with Crippen LogP contribution in [0.1, 0.15) is 18.9 Å². The van der Waals surface area contributed by atoms with Crippen LogP contribution in [0.3, 0.4) is 0 Å². The second kappa shape index (κ2) is 5.25. The molecule has 0 unspecified atom stereocenters. The van der Waals surface area contributed by atoms with E-state index in [1.165, 1.54) is 0 Å². The van der Waals surface area contributed by atoms with Crippen LogP contribution in [0.4, 0.5) is 0 Å². The molecule has 13 heavy (non-hydrogen) atoms. The first-order valence-corrected chi connectivity index (χ1v) is 4.40. The van der Waals surface area contributed by atoms with Crippen molar-refractivity contribution in [2.75, 3.05) is 0 Å². The number of nitrogens with zero attached hydrogens (tertiary/aromatic N) is 1. The maximum Gasteiger partial charge on any atom is 0.146 e. The van der Waals surface area contributed by atoms with Gasteiger partial charge in [-0.3, -0.25) is 9.78 Å². The number of carbonyl (C=O) groups excluding carboxylic acids is 1. The summed E-state index contributed by atoms with van der Waals surface area (Å²) in [6, 6.07) is 3.85. The van der Waals surface area contributed by atoms with E-state index < -0.39 is 0 Å². The largest absolute Gasteiger partial charge is 0.298 e. The lowest BCUT2D eigenvalue weighted by Crippen LogP contribution is -1.92. The number of pyridine rings is 1. The highest BCUT2D eigenvalue weighted by atomic mass is 16.1. The lowest BCUT2D eigenvalue weighted by atomic mass is 10.1. The van der Waals surface area contributed by atoms with Crippen LogP contribution >= 0.6 is 0 Å². The van der Waals surface area contributed by atoms with Crippen LogP contribution in [0.15, 0.2) is 36.2 Å². The topological polar surface area (TPSA) is 30.0 Å². The van der Waals surface area contributed by atoms with Crippen molar-refractivity contribution >= 4 is 6.29 Å². The van der Waals surface area contributed by atoms with Gasteiger partial charge in [-0.15, -0.1) is 0 Å². The quantitative estimate of drug-likeness (QED) is 0.518. The lowest BCUT2D eigenvalue weighted by molar-refractivity contribution is -0.105. The van der Waals surface area contributed by atoms with Crippen molar-refractivity contribution in [1.29, 1.82) is 0 Å². The summed E-state index contributed by atoms with van der Waals surface area (Å²) in [6.45, 7) is 2.02. The SMILES string of the molecule is CC/C=C(/C=O)Cc1cccnc1. The van der Waals surface area contributed by atoms with E-state index in [9.17, 15) is 4.79 Å². The van der Waals surface area contributed by atoms with Gasteiger partial charge in [0.05, 0.1) is 0 Å².